The highest BCUT2D eigenvalue weighted by molar-refractivity contribution is 5.98. The number of nitrogens with one attached hydrogen (secondary N) is 1. The third kappa shape index (κ3) is 4.04. The van der Waals surface area contributed by atoms with E-state index in [1.807, 2.05) is 36.5 Å². The van der Waals surface area contributed by atoms with Crippen molar-refractivity contribution in [3.05, 3.63) is 84.2 Å². The van der Waals surface area contributed by atoms with Crippen LogP contribution in [0.1, 0.15) is 40.2 Å². The van der Waals surface area contributed by atoms with Crippen molar-refractivity contribution in [2.24, 2.45) is 0 Å². The molecule has 3 aromatic heterocycles. The summed E-state index contributed by atoms with van der Waals surface area (Å²) in [5, 5.41) is 11.1. The Morgan fingerprint density at radius 3 is 2.65 bits per heavy atom. The van der Waals surface area contributed by atoms with E-state index in [0.29, 0.717) is 5.76 Å². The van der Waals surface area contributed by atoms with Crippen molar-refractivity contribution in [2.45, 2.75) is 31.2 Å². The summed E-state index contributed by atoms with van der Waals surface area (Å²) >= 11 is 0. The molecule has 1 amide bonds. The first-order valence-corrected chi connectivity index (χ1v) is 10.6. The van der Waals surface area contributed by atoms with Crippen molar-refractivity contribution in [1.82, 2.24) is 24.5 Å². The van der Waals surface area contributed by atoms with Gasteiger partial charge in [0.1, 0.15) is 17.1 Å². The van der Waals surface area contributed by atoms with Crippen LogP contribution >= 0.6 is 0 Å². The highest BCUT2D eigenvalue weighted by Crippen LogP contribution is 2.44. The minimum absolute atomic E-state index is 0.0286. The van der Waals surface area contributed by atoms with E-state index in [1.54, 1.807) is 30.1 Å². The van der Waals surface area contributed by atoms with Crippen LogP contribution in [-0.2, 0) is 6.54 Å². The summed E-state index contributed by atoms with van der Waals surface area (Å²) in [5.41, 5.74) is 1.81. The molecular weight excluding hydrogens is 449 g/mol. The van der Waals surface area contributed by atoms with Crippen molar-refractivity contribution >= 4 is 11.7 Å². The number of halogens is 3. The van der Waals surface area contributed by atoms with E-state index in [4.69, 9.17) is 4.42 Å². The second-order valence-corrected chi connectivity index (χ2v) is 8.14. The van der Waals surface area contributed by atoms with Crippen LogP contribution in [0.15, 0.2) is 71.7 Å². The molecule has 0 saturated heterocycles. The predicted molar refractivity (Wildman–Crippen MR) is 116 cm³/mol. The number of alkyl halides is 3. The normalized spacial score (nSPS) is 17.8. The molecule has 0 aliphatic carbocycles. The van der Waals surface area contributed by atoms with Gasteiger partial charge in [0.05, 0.1) is 24.2 Å². The van der Waals surface area contributed by atoms with Gasteiger partial charge in [0.2, 0.25) is 0 Å². The zero-order chi connectivity index (χ0) is 23.9. The summed E-state index contributed by atoms with van der Waals surface area (Å²) in [6, 6.07) is 9.94. The van der Waals surface area contributed by atoms with Gasteiger partial charge in [0.25, 0.3) is 5.91 Å². The molecule has 176 valence electrons. The number of amides is 1. The SMILES string of the molecule is CN(Cc1ccc(-n2cccn2)cc1)C(=O)c1cnn2c1N[C@H](c1ccco1)C[C@@H]2C(F)(F)F. The molecule has 0 saturated carbocycles. The Hall–Kier alpha value is -4.02. The van der Waals surface area contributed by atoms with Crippen molar-refractivity contribution in [3.8, 4) is 5.69 Å². The Kier molecular flexibility index (Phi) is 5.39. The van der Waals surface area contributed by atoms with Crippen LogP contribution in [0, 0.1) is 0 Å². The Labute approximate surface area is 192 Å². The number of benzene rings is 1. The fourth-order valence-corrected chi connectivity index (χ4v) is 4.12. The second-order valence-electron chi connectivity index (χ2n) is 8.14. The molecule has 0 radical (unpaired) electrons. The molecule has 4 heterocycles. The van der Waals surface area contributed by atoms with Crippen molar-refractivity contribution < 1.29 is 22.4 Å². The fourth-order valence-electron chi connectivity index (χ4n) is 4.12. The molecule has 0 bridgehead atoms. The Morgan fingerprint density at radius 1 is 1.21 bits per heavy atom. The molecule has 0 unspecified atom stereocenters. The standard InChI is InChI=1S/C23H21F3N6O2/c1-30(14-15-5-7-16(8-6-15)31-10-3-9-27-31)22(33)17-13-28-32-20(23(24,25)26)12-18(29-21(17)32)19-4-2-11-34-19/h2-11,13,18,20,29H,12,14H2,1H3/t18-,20+/m0/s1. The molecule has 5 rings (SSSR count). The van der Waals surface area contributed by atoms with E-state index >= 15 is 0 Å². The van der Waals surface area contributed by atoms with Crippen LogP contribution in [0.25, 0.3) is 5.69 Å². The largest absolute Gasteiger partial charge is 0.467 e. The number of carbonyl (C=O) groups is 1. The minimum atomic E-state index is -4.53. The first kappa shape index (κ1) is 21.8. The molecule has 34 heavy (non-hydrogen) atoms. The maximum atomic E-state index is 13.8. The van der Waals surface area contributed by atoms with Crippen molar-refractivity contribution in [2.75, 3.05) is 12.4 Å². The van der Waals surface area contributed by atoms with E-state index in [2.05, 4.69) is 15.5 Å². The zero-order valence-corrected chi connectivity index (χ0v) is 18.1. The van der Waals surface area contributed by atoms with E-state index in [0.717, 1.165) is 15.9 Å². The predicted octanol–water partition coefficient (Wildman–Crippen LogP) is 4.59. The summed E-state index contributed by atoms with van der Waals surface area (Å²) in [6.07, 6.45) is 1.27. The van der Waals surface area contributed by atoms with Gasteiger partial charge in [-0.15, -0.1) is 0 Å². The summed E-state index contributed by atoms with van der Waals surface area (Å²) < 4.78 is 49.3. The molecule has 4 aromatic rings. The molecule has 0 spiro atoms. The number of aromatic nitrogens is 4. The zero-order valence-electron chi connectivity index (χ0n) is 18.1. The molecule has 1 aliphatic heterocycles. The molecule has 2 atom stereocenters. The van der Waals surface area contributed by atoms with Gasteiger partial charge < -0.3 is 14.6 Å². The van der Waals surface area contributed by atoms with E-state index in [9.17, 15) is 18.0 Å². The van der Waals surface area contributed by atoms with Gasteiger partial charge in [-0.25, -0.2) is 9.36 Å². The van der Waals surface area contributed by atoms with Gasteiger partial charge in [-0.2, -0.15) is 23.4 Å². The van der Waals surface area contributed by atoms with E-state index < -0.39 is 24.2 Å². The third-order valence-electron chi connectivity index (χ3n) is 5.83. The summed E-state index contributed by atoms with van der Waals surface area (Å²) in [5.74, 6) is -0.0440. The highest BCUT2D eigenvalue weighted by Gasteiger charge is 2.47. The number of anilines is 1. The monoisotopic (exact) mass is 470 g/mol. The van der Waals surface area contributed by atoms with Crippen molar-refractivity contribution in [3.63, 3.8) is 0 Å². The molecule has 0 fully saturated rings. The lowest BCUT2D eigenvalue weighted by Crippen LogP contribution is -2.36. The average Bonchev–Trinajstić information content (AvgIpc) is 3.59. The topological polar surface area (TPSA) is 81.1 Å². The number of hydrogen-bond acceptors (Lipinski definition) is 5. The van der Waals surface area contributed by atoms with Crippen LogP contribution in [-0.4, -0.2) is 43.6 Å². The van der Waals surface area contributed by atoms with Crippen LogP contribution in [0.3, 0.4) is 0 Å². The molecule has 1 aromatic carbocycles. The number of hydrogen-bond donors (Lipinski definition) is 1. The maximum absolute atomic E-state index is 13.8. The van der Waals surface area contributed by atoms with Crippen LogP contribution in [0.2, 0.25) is 0 Å². The Morgan fingerprint density at radius 2 is 2.00 bits per heavy atom. The summed E-state index contributed by atoms with van der Waals surface area (Å²) in [6.45, 7) is 0.271. The fraction of sp³-hybridized carbons (Fsp3) is 0.261. The smallest absolute Gasteiger partial charge is 0.410 e. The molecule has 8 nitrogen and oxygen atoms in total. The average molecular weight is 470 g/mol. The Bertz CT molecular complexity index is 1260. The summed E-state index contributed by atoms with van der Waals surface area (Å²) in [7, 11) is 1.60. The summed E-state index contributed by atoms with van der Waals surface area (Å²) in [4.78, 5) is 14.6. The van der Waals surface area contributed by atoms with E-state index in [-0.39, 0.29) is 24.3 Å². The Balaban J connectivity index is 1.38. The van der Waals surface area contributed by atoms with Gasteiger partial charge in [0.15, 0.2) is 6.04 Å². The first-order chi connectivity index (χ1) is 16.3. The van der Waals surface area contributed by atoms with Gasteiger partial charge in [-0.05, 0) is 35.9 Å². The number of rotatable bonds is 5. The molecular formula is C23H21F3N6O2. The lowest BCUT2D eigenvalue weighted by atomic mass is 10.0. The van der Waals surface area contributed by atoms with Crippen molar-refractivity contribution in [1.29, 1.82) is 0 Å². The van der Waals surface area contributed by atoms with Crippen LogP contribution < -0.4 is 5.32 Å². The van der Waals surface area contributed by atoms with Crippen LogP contribution in [0.5, 0.6) is 0 Å². The van der Waals surface area contributed by atoms with E-state index in [1.165, 1.54) is 17.4 Å². The maximum Gasteiger partial charge on any atom is 0.410 e. The molecule has 1 N–H and O–H groups in total. The van der Waals surface area contributed by atoms with Gasteiger partial charge in [-0.1, -0.05) is 12.1 Å². The highest BCUT2D eigenvalue weighted by atomic mass is 19.4. The number of furan rings is 1. The minimum Gasteiger partial charge on any atom is -0.467 e. The van der Waals surface area contributed by atoms with Gasteiger partial charge >= 0.3 is 6.18 Å². The number of fused-ring (bicyclic) bond motifs is 1. The first-order valence-electron chi connectivity index (χ1n) is 10.6. The molecule has 1 aliphatic rings. The van der Waals surface area contributed by atoms with Gasteiger partial charge in [-0.3, -0.25) is 4.79 Å². The van der Waals surface area contributed by atoms with Crippen LogP contribution in [0.4, 0.5) is 19.0 Å². The number of carbonyl (C=O) groups excluding carboxylic acids is 1. The third-order valence-corrected chi connectivity index (χ3v) is 5.83. The lowest BCUT2D eigenvalue weighted by molar-refractivity contribution is -0.174. The lowest BCUT2D eigenvalue weighted by Gasteiger charge is -2.33. The number of nitrogens with zero attached hydrogens (tertiary/aromatic N) is 5. The van der Waals surface area contributed by atoms with Gasteiger partial charge in [0, 0.05) is 32.4 Å². The molecule has 11 heteroatoms. The quantitative estimate of drug-likeness (QED) is 0.461. The second kappa shape index (κ2) is 8.40.